The molecule has 2 aliphatic heterocycles. The number of benzene rings is 3. The van der Waals surface area contributed by atoms with E-state index in [4.69, 9.17) is 19.3 Å². The summed E-state index contributed by atoms with van der Waals surface area (Å²) in [7, 11) is 0. The van der Waals surface area contributed by atoms with E-state index in [1.165, 1.54) is 0 Å². The molecule has 2 saturated heterocycles. The number of amides is 1. The van der Waals surface area contributed by atoms with Gasteiger partial charge >= 0.3 is 5.97 Å². The lowest BCUT2D eigenvalue weighted by molar-refractivity contribution is -0.253. The van der Waals surface area contributed by atoms with Crippen LogP contribution in [0.1, 0.15) is 73.2 Å². The van der Waals surface area contributed by atoms with Crippen LogP contribution >= 0.6 is 0 Å². The number of aliphatic carboxylic acids is 1. The third-order valence-corrected chi connectivity index (χ3v) is 8.41. The highest BCUT2D eigenvalue weighted by Gasteiger charge is 2.33. The smallest absolute Gasteiger partial charge is 0.303 e. The number of morpholine rings is 1. The van der Waals surface area contributed by atoms with Crippen LogP contribution in [0.15, 0.2) is 72.8 Å². The van der Waals surface area contributed by atoms with Gasteiger partial charge in [-0.3, -0.25) is 14.5 Å². The van der Waals surface area contributed by atoms with Crippen LogP contribution in [-0.2, 0) is 37.0 Å². The monoisotopic (exact) mass is 616 g/mol. The van der Waals surface area contributed by atoms with Gasteiger partial charge in [-0.1, -0.05) is 73.2 Å². The number of hydrogen-bond acceptors (Lipinski definition) is 7. The number of carbonyl (C=O) groups excluding carboxylic acids is 1. The van der Waals surface area contributed by atoms with Gasteiger partial charge in [0, 0.05) is 51.0 Å². The summed E-state index contributed by atoms with van der Waals surface area (Å²) in [5, 5.41) is 21.2. The standard InChI is InChI=1S/C36H44N2O7/c39-25-26-9-11-29(12-10-26)33-22-32(24-38-17-19-43-20-18-38)44-36(45-33)30-15-13-28(14-16-30)31-6-4-5-27(21-31)23-37-34(40)7-2-1-3-8-35(41)42/h4-6,9-16,21,32-33,36,39H,1-3,7-8,17-20,22-25H2,(H,37,40)(H,41,42)/t32-,33+,36+/m0/s1. The SMILES string of the molecule is O=C(O)CCCCCC(=O)NCc1cccc(-c2ccc([C@@H]3O[C@H](CN4CCOCC4)C[C@H](c4ccc(CO)cc4)O3)cc2)c1. The Hall–Kier alpha value is -3.60. The van der Waals surface area contributed by atoms with E-state index in [1.807, 2.05) is 36.4 Å². The van der Waals surface area contributed by atoms with Gasteiger partial charge in [0.25, 0.3) is 0 Å². The Kier molecular flexibility index (Phi) is 12.1. The van der Waals surface area contributed by atoms with Crippen molar-refractivity contribution < 1.29 is 34.0 Å². The molecule has 2 heterocycles. The maximum atomic E-state index is 12.3. The molecule has 3 atom stereocenters. The fraction of sp³-hybridized carbons (Fsp3) is 0.444. The van der Waals surface area contributed by atoms with Gasteiger partial charge in [0.2, 0.25) is 5.91 Å². The quantitative estimate of drug-likeness (QED) is 0.207. The number of rotatable bonds is 14. The fourth-order valence-corrected chi connectivity index (χ4v) is 5.83. The summed E-state index contributed by atoms with van der Waals surface area (Å²) in [5.74, 6) is -0.824. The molecule has 9 heteroatoms. The van der Waals surface area contributed by atoms with Crippen LogP contribution in [0.4, 0.5) is 0 Å². The average Bonchev–Trinajstić information content (AvgIpc) is 3.07. The number of aliphatic hydroxyl groups excluding tert-OH is 1. The van der Waals surface area contributed by atoms with E-state index in [0.717, 1.165) is 79.1 Å². The predicted molar refractivity (Wildman–Crippen MR) is 170 cm³/mol. The normalized spacial score (nSPS) is 20.5. The average molecular weight is 617 g/mol. The largest absolute Gasteiger partial charge is 0.481 e. The first kappa shape index (κ1) is 32.8. The molecule has 3 aromatic rings. The van der Waals surface area contributed by atoms with Crippen LogP contribution in [0.2, 0.25) is 0 Å². The molecule has 3 aromatic carbocycles. The molecule has 0 aliphatic carbocycles. The Labute approximate surface area is 265 Å². The molecule has 0 bridgehead atoms. The van der Waals surface area contributed by atoms with Crippen molar-refractivity contribution in [2.45, 2.75) is 70.2 Å². The first-order valence-electron chi connectivity index (χ1n) is 16.0. The molecule has 0 radical (unpaired) electrons. The van der Waals surface area contributed by atoms with E-state index >= 15 is 0 Å². The lowest BCUT2D eigenvalue weighted by Crippen LogP contribution is -2.44. The maximum absolute atomic E-state index is 12.3. The van der Waals surface area contributed by atoms with Crippen LogP contribution in [0.25, 0.3) is 11.1 Å². The van der Waals surface area contributed by atoms with E-state index in [9.17, 15) is 14.7 Å². The highest BCUT2D eigenvalue weighted by atomic mass is 16.7. The molecule has 240 valence electrons. The van der Waals surface area contributed by atoms with E-state index in [1.54, 1.807) is 0 Å². The summed E-state index contributed by atoms with van der Waals surface area (Å²) in [5.41, 5.74) is 6.03. The number of carboxylic acids is 1. The summed E-state index contributed by atoms with van der Waals surface area (Å²) in [6, 6.07) is 24.4. The topological polar surface area (TPSA) is 118 Å². The van der Waals surface area contributed by atoms with Crippen molar-refractivity contribution in [2.75, 3.05) is 32.8 Å². The van der Waals surface area contributed by atoms with Crippen molar-refractivity contribution in [1.82, 2.24) is 10.2 Å². The highest BCUT2D eigenvalue weighted by Crippen LogP contribution is 2.38. The van der Waals surface area contributed by atoms with Gasteiger partial charge < -0.3 is 29.7 Å². The molecule has 2 aliphatic rings. The lowest BCUT2D eigenvalue weighted by atomic mass is 9.99. The van der Waals surface area contributed by atoms with E-state index in [-0.39, 0.29) is 31.1 Å². The van der Waals surface area contributed by atoms with Crippen LogP contribution in [0, 0.1) is 0 Å². The van der Waals surface area contributed by atoms with Crippen LogP contribution in [0.5, 0.6) is 0 Å². The van der Waals surface area contributed by atoms with Gasteiger partial charge in [-0.05, 0) is 46.7 Å². The van der Waals surface area contributed by atoms with Gasteiger partial charge in [-0.25, -0.2) is 0 Å². The van der Waals surface area contributed by atoms with Gasteiger partial charge in [0.15, 0.2) is 6.29 Å². The van der Waals surface area contributed by atoms with Crippen molar-refractivity contribution in [2.24, 2.45) is 0 Å². The van der Waals surface area contributed by atoms with E-state index in [2.05, 4.69) is 46.6 Å². The Bertz CT molecular complexity index is 1370. The highest BCUT2D eigenvalue weighted by molar-refractivity contribution is 5.76. The number of carboxylic acid groups (broad SMARTS) is 1. The molecule has 3 N–H and O–H groups in total. The molecule has 0 saturated carbocycles. The van der Waals surface area contributed by atoms with Crippen molar-refractivity contribution in [3.8, 4) is 11.1 Å². The number of nitrogens with one attached hydrogen (secondary N) is 1. The molecular weight excluding hydrogens is 572 g/mol. The Morgan fingerprint density at radius 3 is 2.29 bits per heavy atom. The summed E-state index contributed by atoms with van der Waals surface area (Å²) in [6.07, 6.45) is 2.67. The Morgan fingerprint density at radius 2 is 1.56 bits per heavy atom. The second-order valence-electron chi connectivity index (χ2n) is 11.8. The van der Waals surface area contributed by atoms with Gasteiger partial charge in [-0.15, -0.1) is 0 Å². The minimum atomic E-state index is -0.798. The van der Waals surface area contributed by atoms with Crippen molar-refractivity contribution in [1.29, 1.82) is 0 Å². The summed E-state index contributed by atoms with van der Waals surface area (Å²) in [4.78, 5) is 25.3. The van der Waals surface area contributed by atoms with Crippen LogP contribution in [0.3, 0.4) is 0 Å². The molecule has 9 nitrogen and oxygen atoms in total. The fourth-order valence-electron chi connectivity index (χ4n) is 5.83. The minimum Gasteiger partial charge on any atom is -0.481 e. The maximum Gasteiger partial charge on any atom is 0.303 e. The summed E-state index contributed by atoms with van der Waals surface area (Å²) in [6.45, 7) is 4.54. The summed E-state index contributed by atoms with van der Waals surface area (Å²) >= 11 is 0. The number of hydrogen-bond donors (Lipinski definition) is 3. The van der Waals surface area contributed by atoms with Gasteiger partial charge in [0.05, 0.1) is 32.0 Å². The number of aliphatic hydroxyl groups is 1. The van der Waals surface area contributed by atoms with Crippen LogP contribution < -0.4 is 5.32 Å². The third kappa shape index (κ3) is 9.94. The third-order valence-electron chi connectivity index (χ3n) is 8.41. The van der Waals surface area contributed by atoms with Crippen molar-refractivity contribution >= 4 is 11.9 Å². The number of nitrogens with zero attached hydrogens (tertiary/aromatic N) is 1. The van der Waals surface area contributed by atoms with Gasteiger partial charge in [-0.2, -0.15) is 0 Å². The molecular formula is C36H44N2O7. The minimum absolute atomic E-state index is 0.000629. The van der Waals surface area contributed by atoms with E-state index in [0.29, 0.717) is 25.8 Å². The zero-order chi connectivity index (χ0) is 31.4. The second kappa shape index (κ2) is 16.6. The Morgan fingerprint density at radius 1 is 0.822 bits per heavy atom. The molecule has 1 amide bonds. The van der Waals surface area contributed by atoms with E-state index < -0.39 is 12.3 Å². The predicted octanol–water partition coefficient (Wildman–Crippen LogP) is 5.37. The van der Waals surface area contributed by atoms with Crippen LogP contribution in [-0.4, -0.2) is 65.9 Å². The first-order valence-corrected chi connectivity index (χ1v) is 16.0. The number of ether oxygens (including phenoxy) is 3. The zero-order valence-corrected chi connectivity index (χ0v) is 25.7. The first-order chi connectivity index (χ1) is 22.0. The molecule has 0 aromatic heterocycles. The van der Waals surface area contributed by atoms with Crippen molar-refractivity contribution in [3.63, 3.8) is 0 Å². The number of carbonyl (C=O) groups is 2. The molecule has 2 fully saturated rings. The zero-order valence-electron chi connectivity index (χ0n) is 25.7. The molecule has 0 spiro atoms. The molecule has 45 heavy (non-hydrogen) atoms. The summed E-state index contributed by atoms with van der Waals surface area (Å²) < 4.78 is 18.6. The molecule has 5 rings (SSSR count). The number of unbranched alkanes of at least 4 members (excludes halogenated alkanes) is 2. The second-order valence-corrected chi connectivity index (χ2v) is 11.8. The van der Waals surface area contributed by atoms with Gasteiger partial charge in [0.1, 0.15) is 0 Å². The Balaban J connectivity index is 1.21. The van der Waals surface area contributed by atoms with Crippen molar-refractivity contribution in [3.05, 3.63) is 95.1 Å². The lowest BCUT2D eigenvalue weighted by Gasteiger charge is -2.39. The molecule has 0 unspecified atom stereocenters.